The Bertz CT molecular complexity index is 472. The Morgan fingerprint density at radius 1 is 1.20 bits per heavy atom. The molecule has 0 fully saturated rings. The van der Waals surface area contributed by atoms with Crippen LogP contribution in [0, 0.1) is 5.41 Å². The van der Waals surface area contributed by atoms with Crippen molar-refractivity contribution in [1.29, 1.82) is 5.41 Å². The number of hydrogen-bond acceptors (Lipinski definition) is 4. The number of nitrogens with two attached hydrogens (primary N) is 1. The molecule has 0 radical (unpaired) electrons. The second-order valence-electron chi connectivity index (χ2n) is 4.08. The molecule has 20 heavy (non-hydrogen) atoms. The Kier molecular flexibility index (Phi) is 5.34. The molecular weight excluding hydrogens is 275 g/mol. The average molecular weight is 291 g/mol. The summed E-state index contributed by atoms with van der Waals surface area (Å²) in [5, 5.41) is 25.0. The van der Waals surface area contributed by atoms with E-state index in [9.17, 15) is 13.2 Å². The minimum Gasteiger partial charge on any atom is -0.395 e. The van der Waals surface area contributed by atoms with Crippen LogP contribution in [0.4, 0.5) is 18.9 Å². The number of nitrogens with one attached hydrogen (secondary N) is 1. The molecule has 0 unspecified atom stereocenters. The van der Waals surface area contributed by atoms with E-state index in [0.717, 1.165) is 12.1 Å². The number of alkyl halides is 3. The monoisotopic (exact) mass is 291 g/mol. The van der Waals surface area contributed by atoms with Gasteiger partial charge in [-0.25, -0.2) is 0 Å². The zero-order valence-electron chi connectivity index (χ0n) is 10.6. The second-order valence-corrected chi connectivity index (χ2v) is 4.08. The maximum atomic E-state index is 13.0. The number of halogens is 3. The topological polar surface area (TPSA) is 93.6 Å². The fourth-order valence-corrected chi connectivity index (χ4v) is 1.81. The highest BCUT2D eigenvalue weighted by atomic mass is 19.4. The van der Waals surface area contributed by atoms with Gasteiger partial charge in [0.15, 0.2) is 0 Å². The van der Waals surface area contributed by atoms with Gasteiger partial charge in [-0.2, -0.15) is 13.2 Å². The second kappa shape index (κ2) is 6.58. The summed E-state index contributed by atoms with van der Waals surface area (Å²) >= 11 is 0. The Labute approximate surface area is 113 Å². The van der Waals surface area contributed by atoms with Gasteiger partial charge < -0.3 is 20.8 Å². The Morgan fingerprint density at radius 3 is 2.15 bits per heavy atom. The van der Waals surface area contributed by atoms with Crippen molar-refractivity contribution in [2.24, 2.45) is 5.73 Å². The molecule has 0 aliphatic carbocycles. The van der Waals surface area contributed by atoms with Gasteiger partial charge in [-0.05, 0) is 18.2 Å². The van der Waals surface area contributed by atoms with Crippen LogP contribution in [0.5, 0.6) is 0 Å². The van der Waals surface area contributed by atoms with Crippen LogP contribution in [0.1, 0.15) is 11.1 Å². The molecule has 0 aliphatic heterocycles. The zero-order chi connectivity index (χ0) is 15.3. The van der Waals surface area contributed by atoms with E-state index >= 15 is 0 Å². The molecule has 112 valence electrons. The minimum absolute atomic E-state index is 0.0945. The van der Waals surface area contributed by atoms with Crippen LogP contribution in [0.2, 0.25) is 0 Å². The number of rotatable bonds is 6. The summed E-state index contributed by atoms with van der Waals surface area (Å²) in [5.74, 6) is -0.667. The lowest BCUT2D eigenvalue weighted by atomic mass is 10.0. The van der Waals surface area contributed by atoms with Crippen LogP contribution in [0.3, 0.4) is 0 Å². The molecular formula is C12H16F3N3O2. The molecule has 0 atom stereocenters. The first kappa shape index (κ1) is 16.3. The number of nitrogen functional groups attached to an aromatic ring is 1. The smallest absolute Gasteiger partial charge is 0.395 e. The van der Waals surface area contributed by atoms with E-state index in [1.54, 1.807) is 0 Å². The molecule has 0 saturated heterocycles. The minimum atomic E-state index is -4.64. The number of hydrogen-bond donors (Lipinski definition) is 4. The molecule has 0 aromatic heterocycles. The largest absolute Gasteiger partial charge is 0.417 e. The summed E-state index contributed by atoms with van der Waals surface area (Å²) in [6.45, 7) is -0.319. The predicted molar refractivity (Wildman–Crippen MR) is 68.8 cm³/mol. The van der Waals surface area contributed by atoms with Crippen LogP contribution in [0.25, 0.3) is 0 Å². The summed E-state index contributed by atoms with van der Waals surface area (Å²) in [6, 6.07) is 3.35. The first-order chi connectivity index (χ1) is 9.31. The summed E-state index contributed by atoms with van der Waals surface area (Å²) < 4.78 is 38.9. The van der Waals surface area contributed by atoms with Crippen LogP contribution in [-0.4, -0.2) is 42.4 Å². The van der Waals surface area contributed by atoms with Gasteiger partial charge in [-0.1, -0.05) is 0 Å². The van der Waals surface area contributed by atoms with Crippen molar-refractivity contribution < 1.29 is 23.4 Å². The van der Waals surface area contributed by atoms with Crippen molar-refractivity contribution >= 4 is 11.5 Å². The summed E-state index contributed by atoms with van der Waals surface area (Å²) in [5.41, 5.74) is 3.94. The number of aliphatic hydroxyl groups is 2. The van der Waals surface area contributed by atoms with Gasteiger partial charge in [0.25, 0.3) is 0 Å². The van der Waals surface area contributed by atoms with Crippen LogP contribution >= 0.6 is 0 Å². The predicted octanol–water partition coefficient (Wildman–Crippen LogP) is 0.780. The molecule has 1 rings (SSSR count). The lowest BCUT2D eigenvalue weighted by Crippen LogP contribution is -2.30. The number of benzene rings is 1. The van der Waals surface area contributed by atoms with Gasteiger partial charge in [-0.3, -0.25) is 5.41 Å². The fraction of sp³-hybridized carbons (Fsp3) is 0.417. The fourth-order valence-electron chi connectivity index (χ4n) is 1.81. The van der Waals surface area contributed by atoms with Gasteiger partial charge >= 0.3 is 6.18 Å². The van der Waals surface area contributed by atoms with E-state index in [0.29, 0.717) is 0 Å². The maximum Gasteiger partial charge on any atom is 0.417 e. The van der Waals surface area contributed by atoms with Crippen molar-refractivity contribution in [1.82, 2.24) is 0 Å². The Hall–Kier alpha value is -1.80. The van der Waals surface area contributed by atoms with E-state index in [1.165, 1.54) is 11.0 Å². The number of nitrogens with zero attached hydrogens (tertiary/aromatic N) is 1. The molecule has 0 heterocycles. The average Bonchev–Trinajstić information content (AvgIpc) is 2.36. The molecule has 1 aromatic carbocycles. The van der Waals surface area contributed by atoms with Crippen molar-refractivity contribution in [2.45, 2.75) is 6.18 Å². The molecule has 8 heteroatoms. The molecule has 0 amide bonds. The van der Waals surface area contributed by atoms with Crippen molar-refractivity contribution in [3.8, 4) is 0 Å². The Morgan fingerprint density at radius 2 is 1.75 bits per heavy atom. The van der Waals surface area contributed by atoms with Crippen LogP contribution in [-0.2, 0) is 6.18 Å². The Balaban J connectivity index is 3.27. The number of amidine groups is 1. The normalized spacial score (nSPS) is 11.4. The van der Waals surface area contributed by atoms with Gasteiger partial charge in [0.05, 0.1) is 18.8 Å². The van der Waals surface area contributed by atoms with Crippen molar-refractivity contribution in [3.05, 3.63) is 29.3 Å². The van der Waals surface area contributed by atoms with E-state index in [1.807, 2.05) is 0 Å². The third-order valence-electron chi connectivity index (χ3n) is 2.70. The van der Waals surface area contributed by atoms with E-state index in [-0.39, 0.29) is 32.0 Å². The number of aliphatic hydroxyl groups excluding tert-OH is 2. The highest BCUT2D eigenvalue weighted by molar-refractivity contribution is 5.97. The highest BCUT2D eigenvalue weighted by Gasteiger charge is 2.34. The summed E-state index contributed by atoms with van der Waals surface area (Å²) in [7, 11) is 0. The lowest BCUT2D eigenvalue weighted by Gasteiger charge is -2.24. The zero-order valence-corrected chi connectivity index (χ0v) is 10.6. The third kappa shape index (κ3) is 3.84. The van der Waals surface area contributed by atoms with E-state index in [4.69, 9.17) is 21.4 Å². The standard InChI is InChI=1S/C12H16F3N3O2/c13-12(14,15)10-7-8(1-2-9(10)11(16)17)18(3-5-19)4-6-20/h1-2,7,19-20H,3-6H2,(H3,16,17). The van der Waals surface area contributed by atoms with Crippen molar-refractivity contribution in [3.63, 3.8) is 0 Å². The lowest BCUT2D eigenvalue weighted by molar-refractivity contribution is -0.137. The summed E-state index contributed by atoms with van der Waals surface area (Å²) in [6.07, 6.45) is -4.64. The molecule has 5 N–H and O–H groups in total. The molecule has 0 bridgehead atoms. The first-order valence-corrected chi connectivity index (χ1v) is 5.83. The molecule has 0 aliphatic rings. The molecule has 5 nitrogen and oxygen atoms in total. The van der Waals surface area contributed by atoms with Gasteiger partial charge in [-0.15, -0.1) is 0 Å². The van der Waals surface area contributed by atoms with Crippen LogP contribution in [0.15, 0.2) is 18.2 Å². The van der Waals surface area contributed by atoms with Gasteiger partial charge in [0.2, 0.25) is 0 Å². The van der Waals surface area contributed by atoms with Gasteiger partial charge in [0, 0.05) is 24.3 Å². The molecule has 0 saturated carbocycles. The van der Waals surface area contributed by atoms with Crippen molar-refractivity contribution in [2.75, 3.05) is 31.2 Å². The maximum absolute atomic E-state index is 13.0. The highest BCUT2D eigenvalue weighted by Crippen LogP contribution is 2.34. The first-order valence-electron chi connectivity index (χ1n) is 5.83. The number of anilines is 1. The van der Waals surface area contributed by atoms with E-state index < -0.39 is 23.1 Å². The SMILES string of the molecule is N=C(N)c1ccc(N(CCO)CCO)cc1C(F)(F)F. The quantitative estimate of drug-likeness (QED) is 0.460. The summed E-state index contributed by atoms with van der Waals surface area (Å²) in [4.78, 5) is 1.42. The third-order valence-corrected chi connectivity index (χ3v) is 2.70. The molecule has 0 spiro atoms. The van der Waals surface area contributed by atoms with E-state index in [2.05, 4.69) is 0 Å². The van der Waals surface area contributed by atoms with Gasteiger partial charge in [0.1, 0.15) is 5.84 Å². The molecule has 1 aromatic rings. The van der Waals surface area contributed by atoms with Crippen LogP contribution < -0.4 is 10.6 Å².